The number of hydrogen-bond donors (Lipinski definition) is 0. The van der Waals surface area contributed by atoms with Crippen molar-refractivity contribution < 1.29 is 21.6 Å². The number of rotatable bonds is 14. The maximum Gasteiger partial charge on any atom is 0.451 e. The van der Waals surface area contributed by atoms with Crippen LogP contribution in [-0.4, -0.2) is 21.0 Å². The minimum Gasteiger partial charge on any atom is -0.320 e. The molecule has 1 aromatic rings. The van der Waals surface area contributed by atoms with E-state index in [-0.39, 0.29) is 12.2 Å². The fourth-order valence-corrected chi connectivity index (χ4v) is 3.34. The zero-order chi connectivity index (χ0) is 19.3. The molecule has 0 saturated heterocycles. The number of hydrogen-bond acceptors (Lipinski definition) is 5. The summed E-state index contributed by atoms with van der Waals surface area (Å²) in [6.45, 7) is 4.07. The van der Waals surface area contributed by atoms with E-state index in [9.17, 15) is 13.2 Å². The van der Waals surface area contributed by atoms with Crippen molar-refractivity contribution in [1.82, 2.24) is 0 Å². The molecule has 0 aromatic heterocycles. The van der Waals surface area contributed by atoms with Gasteiger partial charge in [-0.25, -0.2) is 8.98 Å². The summed E-state index contributed by atoms with van der Waals surface area (Å²) < 4.78 is 32.6. The molecule has 0 spiro atoms. The minimum atomic E-state index is -4.30. The van der Waals surface area contributed by atoms with Crippen molar-refractivity contribution in [2.75, 3.05) is 6.61 Å². The second-order valence-corrected chi connectivity index (χ2v) is 7.87. The second-order valence-electron chi connectivity index (χ2n) is 6.65. The molecule has 0 atom stereocenters. The van der Waals surface area contributed by atoms with Crippen LogP contribution in [0, 0.1) is 6.92 Å². The van der Waals surface area contributed by atoms with Crippen LogP contribution in [0.2, 0.25) is 0 Å². The lowest BCUT2D eigenvalue weighted by atomic mass is 10.1. The molecule has 148 valence electrons. The molecule has 0 saturated carbocycles. The Morgan fingerprint density at radius 2 is 1.50 bits per heavy atom. The van der Waals surface area contributed by atoms with Gasteiger partial charge in [-0.15, -0.1) is 0 Å². The van der Waals surface area contributed by atoms with Crippen molar-refractivity contribution in [2.24, 2.45) is 0 Å². The molecule has 0 aliphatic heterocycles. The van der Waals surface area contributed by atoms with Crippen LogP contribution in [-0.2, 0) is 18.8 Å². The third kappa shape index (κ3) is 10.6. The van der Waals surface area contributed by atoms with E-state index >= 15 is 0 Å². The van der Waals surface area contributed by atoms with E-state index in [2.05, 4.69) is 11.1 Å². The summed E-state index contributed by atoms with van der Waals surface area (Å²) in [6, 6.07) is 6.56. The maximum absolute atomic E-state index is 11.8. The fraction of sp³-hybridized carbons (Fsp3) is 0.650. The Morgan fingerprint density at radius 3 is 2.08 bits per heavy atom. The van der Waals surface area contributed by atoms with Crippen LogP contribution in [0.3, 0.4) is 0 Å². The van der Waals surface area contributed by atoms with Crippen molar-refractivity contribution in [3.63, 3.8) is 0 Å². The van der Waals surface area contributed by atoms with Gasteiger partial charge >= 0.3 is 16.4 Å². The fourth-order valence-electron chi connectivity index (χ4n) is 2.69. The molecular weight excluding hydrogens is 352 g/mol. The van der Waals surface area contributed by atoms with E-state index in [1.165, 1.54) is 51.0 Å². The van der Waals surface area contributed by atoms with Gasteiger partial charge < -0.3 is 4.18 Å². The molecule has 0 fully saturated rings. The molecule has 0 aliphatic rings. The lowest BCUT2D eigenvalue weighted by Gasteiger charge is -2.06. The molecule has 6 heteroatoms. The van der Waals surface area contributed by atoms with Gasteiger partial charge in [-0.2, -0.15) is 8.42 Å². The SMILES string of the molecule is CCCCCCCCCCCCOS(=O)(=O)OC(=O)c1cccc(C)c1. The lowest BCUT2D eigenvalue weighted by molar-refractivity contribution is 0.0711. The van der Waals surface area contributed by atoms with Crippen molar-refractivity contribution in [1.29, 1.82) is 0 Å². The molecule has 0 radical (unpaired) electrons. The molecule has 0 bridgehead atoms. The number of aryl methyl sites for hydroxylation is 1. The lowest BCUT2D eigenvalue weighted by Crippen LogP contribution is -2.16. The Balaban J connectivity index is 2.11. The van der Waals surface area contributed by atoms with Crippen molar-refractivity contribution >= 4 is 16.4 Å². The molecule has 1 rings (SSSR count). The minimum absolute atomic E-state index is 0.0416. The molecular formula is C20H32O5S. The number of benzene rings is 1. The molecule has 0 N–H and O–H groups in total. The summed E-state index contributed by atoms with van der Waals surface area (Å²) in [5, 5.41) is 0. The summed E-state index contributed by atoms with van der Waals surface area (Å²) in [7, 11) is -4.30. The quantitative estimate of drug-likeness (QED) is 0.405. The van der Waals surface area contributed by atoms with Gasteiger partial charge in [0, 0.05) is 0 Å². The maximum atomic E-state index is 11.8. The average Bonchev–Trinajstić information content (AvgIpc) is 2.59. The zero-order valence-electron chi connectivity index (χ0n) is 16.0. The smallest absolute Gasteiger partial charge is 0.320 e. The number of carbonyl (C=O) groups is 1. The van der Waals surface area contributed by atoms with Gasteiger partial charge in [0.15, 0.2) is 0 Å². The summed E-state index contributed by atoms with van der Waals surface area (Å²) in [5.74, 6) is -0.920. The monoisotopic (exact) mass is 384 g/mol. The van der Waals surface area contributed by atoms with E-state index in [0.29, 0.717) is 6.42 Å². The van der Waals surface area contributed by atoms with Crippen LogP contribution in [0.5, 0.6) is 0 Å². The Bertz CT molecular complexity index is 625. The van der Waals surface area contributed by atoms with Crippen LogP contribution in [0.25, 0.3) is 0 Å². The molecule has 26 heavy (non-hydrogen) atoms. The van der Waals surface area contributed by atoms with Crippen molar-refractivity contribution in [2.45, 2.75) is 78.1 Å². The highest BCUT2D eigenvalue weighted by Crippen LogP contribution is 2.12. The predicted molar refractivity (Wildman–Crippen MR) is 103 cm³/mol. The first-order valence-electron chi connectivity index (χ1n) is 9.64. The highest BCUT2D eigenvalue weighted by atomic mass is 32.3. The van der Waals surface area contributed by atoms with Crippen LogP contribution >= 0.6 is 0 Å². The highest BCUT2D eigenvalue weighted by molar-refractivity contribution is 7.82. The summed E-state index contributed by atoms with van der Waals surface area (Å²) >= 11 is 0. The Hall–Kier alpha value is -1.40. The standard InChI is InChI=1S/C20H32O5S/c1-3-4-5-6-7-8-9-10-11-12-16-24-26(22,23)25-20(21)19-15-13-14-18(2)17-19/h13-15,17H,3-12,16H2,1-2H3. The van der Waals surface area contributed by atoms with Crippen LogP contribution in [0.15, 0.2) is 24.3 Å². The third-order valence-electron chi connectivity index (χ3n) is 4.16. The van der Waals surface area contributed by atoms with Gasteiger partial charge in [0.05, 0.1) is 12.2 Å². The predicted octanol–water partition coefficient (Wildman–Crippen LogP) is 5.33. The second kappa shape index (κ2) is 12.9. The Labute approximate surface area is 158 Å². The largest absolute Gasteiger partial charge is 0.451 e. The first-order chi connectivity index (χ1) is 12.4. The summed E-state index contributed by atoms with van der Waals surface area (Å²) in [6.07, 6.45) is 11.5. The van der Waals surface area contributed by atoms with E-state index in [0.717, 1.165) is 18.4 Å². The van der Waals surface area contributed by atoms with Gasteiger partial charge in [0.2, 0.25) is 0 Å². The molecule has 5 nitrogen and oxygen atoms in total. The van der Waals surface area contributed by atoms with Gasteiger partial charge in [-0.05, 0) is 25.5 Å². The average molecular weight is 385 g/mol. The van der Waals surface area contributed by atoms with Crippen molar-refractivity contribution in [3.8, 4) is 0 Å². The number of unbranched alkanes of at least 4 members (excludes halogenated alkanes) is 9. The van der Waals surface area contributed by atoms with E-state index < -0.39 is 16.4 Å². The summed E-state index contributed by atoms with van der Waals surface area (Å²) in [4.78, 5) is 11.8. The third-order valence-corrected chi connectivity index (χ3v) is 4.97. The topological polar surface area (TPSA) is 69.7 Å². The molecule has 1 aromatic carbocycles. The van der Waals surface area contributed by atoms with E-state index in [1.54, 1.807) is 12.1 Å². The van der Waals surface area contributed by atoms with Gasteiger partial charge in [0.1, 0.15) is 0 Å². The first-order valence-corrected chi connectivity index (χ1v) is 11.0. The van der Waals surface area contributed by atoms with Crippen LogP contribution in [0.4, 0.5) is 0 Å². The highest BCUT2D eigenvalue weighted by Gasteiger charge is 2.19. The van der Waals surface area contributed by atoms with Crippen LogP contribution in [0.1, 0.15) is 87.1 Å². The Kier molecular flexibility index (Phi) is 11.2. The van der Waals surface area contributed by atoms with E-state index in [1.807, 2.05) is 13.0 Å². The van der Waals surface area contributed by atoms with Gasteiger partial charge in [0.25, 0.3) is 0 Å². The molecule has 0 heterocycles. The zero-order valence-corrected chi connectivity index (χ0v) is 16.9. The van der Waals surface area contributed by atoms with Gasteiger partial charge in [-0.3, -0.25) is 0 Å². The van der Waals surface area contributed by atoms with E-state index in [4.69, 9.17) is 4.18 Å². The normalized spacial score (nSPS) is 11.5. The summed E-state index contributed by atoms with van der Waals surface area (Å²) in [5.41, 5.74) is 1.04. The van der Waals surface area contributed by atoms with Crippen molar-refractivity contribution in [3.05, 3.63) is 35.4 Å². The van der Waals surface area contributed by atoms with Gasteiger partial charge in [-0.1, -0.05) is 82.4 Å². The molecule has 0 amide bonds. The first kappa shape index (κ1) is 22.6. The molecule has 0 unspecified atom stereocenters. The molecule has 0 aliphatic carbocycles. The van der Waals surface area contributed by atoms with Crippen LogP contribution < -0.4 is 0 Å². The number of carbonyl (C=O) groups excluding carboxylic acids is 1. The Morgan fingerprint density at radius 1 is 0.923 bits per heavy atom.